The van der Waals surface area contributed by atoms with E-state index in [1.54, 1.807) is 4.90 Å². The van der Waals surface area contributed by atoms with E-state index in [2.05, 4.69) is 25.9 Å². The van der Waals surface area contributed by atoms with Gasteiger partial charge in [0.25, 0.3) is 0 Å². The summed E-state index contributed by atoms with van der Waals surface area (Å²) in [5.74, 6) is 0.621. The fraction of sp³-hybridized carbons (Fsp3) is 0.188. The van der Waals surface area contributed by atoms with Crippen LogP contribution >= 0.6 is 27.3 Å². The van der Waals surface area contributed by atoms with Gasteiger partial charge >= 0.3 is 6.09 Å². The highest BCUT2D eigenvalue weighted by atomic mass is 79.9. The first kappa shape index (κ1) is 14.6. The fourth-order valence-electron chi connectivity index (χ4n) is 2.76. The highest BCUT2D eigenvalue weighted by Crippen LogP contribution is 2.32. The molecule has 1 fully saturated rings. The minimum absolute atomic E-state index is 0.0841. The minimum atomic E-state index is -0.353. The number of benzene rings is 1. The summed E-state index contributed by atoms with van der Waals surface area (Å²) in [7, 11) is 0. The van der Waals surface area contributed by atoms with Gasteiger partial charge in [0.1, 0.15) is 17.8 Å². The van der Waals surface area contributed by atoms with Gasteiger partial charge in [0.05, 0.1) is 11.4 Å². The number of hydrogen-bond donors (Lipinski definition) is 0. The first-order valence-corrected chi connectivity index (χ1v) is 8.79. The summed E-state index contributed by atoms with van der Waals surface area (Å²) < 4.78 is 6.31. The van der Waals surface area contributed by atoms with Crippen molar-refractivity contribution in [2.24, 2.45) is 0 Å². The summed E-state index contributed by atoms with van der Waals surface area (Å²) in [6.07, 6.45) is 1.84. The standard InChI is InChI=1S/C16H12BrN3O2S/c17-13-4-2-1-3-10(13)7-11-8-22-16(21)20(11)14-12-5-6-23-15(12)19-9-18-14/h1-6,9,11H,7-8H2. The van der Waals surface area contributed by atoms with Crippen LogP contribution in [-0.2, 0) is 11.2 Å². The third-order valence-corrected chi connectivity index (χ3v) is 5.44. The quantitative estimate of drug-likeness (QED) is 0.678. The van der Waals surface area contributed by atoms with Crippen LogP contribution in [0.2, 0.25) is 0 Å². The molecule has 3 heterocycles. The molecule has 0 N–H and O–H groups in total. The lowest BCUT2D eigenvalue weighted by Gasteiger charge is -2.21. The Kier molecular flexibility index (Phi) is 3.74. The molecule has 1 unspecified atom stereocenters. The number of anilines is 1. The second-order valence-electron chi connectivity index (χ2n) is 5.23. The van der Waals surface area contributed by atoms with Crippen molar-refractivity contribution < 1.29 is 9.53 Å². The number of nitrogens with zero attached hydrogens (tertiary/aromatic N) is 3. The number of halogens is 1. The van der Waals surface area contributed by atoms with E-state index in [9.17, 15) is 4.79 Å². The number of ether oxygens (including phenoxy) is 1. The van der Waals surface area contributed by atoms with Gasteiger partial charge in [0.15, 0.2) is 5.82 Å². The zero-order chi connectivity index (χ0) is 15.8. The van der Waals surface area contributed by atoms with E-state index < -0.39 is 0 Å². The lowest BCUT2D eigenvalue weighted by molar-refractivity contribution is 0.178. The van der Waals surface area contributed by atoms with Gasteiger partial charge in [-0.3, -0.25) is 4.90 Å². The number of amides is 1. The van der Waals surface area contributed by atoms with E-state index in [1.807, 2.05) is 35.7 Å². The van der Waals surface area contributed by atoms with Crippen molar-refractivity contribution in [3.8, 4) is 0 Å². The molecule has 3 aromatic rings. The lowest BCUT2D eigenvalue weighted by atomic mass is 10.1. The second kappa shape index (κ2) is 5.90. The molecule has 1 atom stereocenters. The Labute approximate surface area is 145 Å². The molecule has 0 aliphatic carbocycles. The summed E-state index contributed by atoms with van der Waals surface area (Å²) in [5.41, 5.74) is 1.14. The van der Waals surface area contributed by atoms with Gasteiger partial charge in [0.2, 0.25) is 0 Å². The van der Waals surface area contributed by atoms with Crippen molar-refractivity contribution >= 4 is 49.4 Å². The summed E-state index contributed by atoms with van der Waals surface area (Å²) in [4.78, 5) is 23.4. The van der Waals surface area contributed by atoms with Crippen molar-refractivity contribution in [1.82, 2.24) is 9.97 Å². The smallest absolute Gasteiger partial charge is 0.415 e. The topological polar surface area (TPSA) is 55.3 Å². The number of aromatic nitrogens is 2. The molecule has 2 aromatic heterocycles. The van der Waals surface area contributed by atoms with Crippen LogP contribution in [0.5, 0.6) is 0 Å². The Hall–Kier alpha value is -1.99. The van der Waals surface area contributed by atoms with E-state index >= 15 is 0 Å². The van der Waals surface area contributed by atoms with Crippen LogP contribution in [-0.4, -0.2) is 28.7 Å². The molecule has 0 spiro atoms. The summed E-state index contributed by atoms with van der Waals surface area (Å²) >= 11 is 5.09. The minimum Gasteiger partial charge on any atom is -0.447 e. The number of rotatable bonds is 3. The second-order valence-corrected chi connectivity index (χ2v) is 6.98. The largest absolute Gasteiger partial charge is 0.447 e. The molecule has 0 bridgehead atoms. The molecule has 1 aliphatic rings. The highest BCUT2D eigenvalue weighted by molar-refractivity contribution is 9.10. The van der Waals surface area contributed by atoms with E-state index in [4.69, 9.17) is 4.74 Å². The summed E-state index contributed by atoms with van der Waals surface area (Å²) in [5, 5.41) is 2.83. The van der Waals surface area contributed by atoms with Crippen LogP contribution in [0.25, 0.3) is 10.2 Å². The SMILES string of the molecule is O=C1OCC(Cc2ccccc2Br)N1c1ncnc2sccc12. The molecule has 5 nitrogen and oxygen atoms in total. The Balaban J connectivity index is 1.72. The molecule has 116 valence electrons. The van der Waals surface area contributed by atoms with Gasteiger partial charge in [-0.25, -0.2) is 14.8 Å². The molecule has 0 radical (unpaired) electrons. The molecule has 7 heteroatoms. The molecule has 1 aliphatic heterocycles. The molecule has 23 heavy (non-hydrogen) atoms. The number of carbonyl (C=O) groups is 1. The number of hydrogen-bond acceptors (Lipinski definition) is 5. The number of carbonyl (C=O) groups excluding carboxylic acids is 1. The normalized spacial score (nSPS) is 17.7. The van der Waals surface area contributed by atoms with E-state index in [-0.39, 0.29) is 12.1 Å². The van der Waals surface area contributed by atoms with Crippen molar-refractivity contribution in [3.05, 3.63) is 52.1 Å². The Morgan fingerprint density at radius 1 is 1.30 bits per heavy atom. The zero-order valence-corrected chi connectivity index (χ0v) is 14.4. The number of fused-ring (bicyclic) bond motifs is 1. The molecule has 4 rings (SSSR count). The van der Waals surface area contributed by atoms with Gasteiger partial charge in [-0.15, -0.1) is 11.3 Å². The Morgan fingerprint density at radius 2 is 2.17 bits per heavy atom. The van der Waals surface area contributed by atoms with Crippen molar-refractivity contribution in [2.75, 3.05) is 11.5 Å². The number of cyclic esters (lactones) is 1. The van der Waals surface area contributed by atoms with Gasteiger partial charge < -0.3 is 4.74 Å². The van der Waals surface area contributed by atoms with Crippen LogP contribution in [0.3, 0.4) is 0 Å². The Bertz CT molecular complexity index is 882. The van der Waals surface area contributed by atoms with Crippen LogP contribution in [0.1, 0.15) is 5.56 Å². The molecule has 1 aromatic carbocycles. The van der Waals surface area contributed by atoms with E-state index in [0.29, 0.717) is 18.8 Å². The van der Waals surface area contributed by atoms with Gasteiger partial charge in [0, 0.05) is 4.47 Å². The van der Waals surface area contributed by atoms with E-state index in [0.717, 1.165) is 20.3 Å². The number of thiophene rings is 1. The zero-order valence-electron chi connectivity index (χ0n) is 12.0. The summed E-state index contributed by atoms with van der Waals surface area (Å²) in [6.45, 7) is 0.357. The van der Waals surface area contributed by atoms with Crippen molar-refractivity contribution in [2.45, 2.75) is 12.5 Å². The van der Waals surface area contributed by atoms with Crippen molar-refractivity contribution in [1.29, 1.82) is 0 Å². The van der Waals surface area contributed by atoms with Crippen LogP contribution in [0.4, 0.5) is 10.6 Å². The predicted octanol–water partition coefficient (Wildman–Crippen LogP) is 4.02. The first-order valence-electron chi connectivity index (χ1n) is 7.11. The third kappa shape index (κ3) is 2.60. The maximum atomic E-state index is 12.3. The fourth-order valence-corrected chi connectivity index (χ4v) is 3.93. The predicted molar refractivity (Wildman–Crippen MR) is 92.9 cm³/mol. The highest BCUT2D eigenvalue weighted by Gasteiger charge is 2.36. The lowest BCUT2D eigenvalue weighted by Crippen LogP contribution is -2.35. The molecule has 1 saturated heterocycles. The van der Waals surface area contributed by atoms with Crippen LogP contribution in [0, 0.1) is 0 Å². The summed E-state index contributed by atoms with van der Waals surface area (Å²) in [6, 6.07) is 9.87. The monoisotopic (exact) mass is 389 g/mol. The molecule has 1 amide bonds. The van der Waals surface area contributed by atoms with Gasteiger partial charge in [-0.2, -0.15) is 0 Å². The molecular weight excluding hydrogens is 378 g/mol. The van der Waals surface area contributed by atoms with Crippen LogP contribution < -0.4 is 4.90 Å². The van der Waals surface area contributed by atoms with E-state index in [1.165, 1.54) is 17.7 Å². The maximum absolute atomic E-state index is 12.3. The van der Waals surface area contributed by atoms with Gasteiger partial charge in [-0.05, 0) is 29.5 Å². The Morgan fingerprint density at radius 3 is 3.04 bits per heavy atom. The average Bonchev–Trinajstić information content (AvgIpc) is 3.16. The first-order chi connectivity index (χ1) is 11.2. The third-order valence-electron chi connectivity index (χ3n) is 3.84. The van der Waals surface area contributed by atoms with Crippen molar-refractivity contribution in [3.63, 3.8) is 0 Å². The molecular formula is C16H12BrN3O2S. The van der Waals surface area contributed by atoms with Gasteiger partial charge in [-0.1, -0.05) is 34.1 Å². The van der Waals surface area contributed by atoms with Crippen LogP contribution in [0.15, 0.2) is 46.5 Å². The maximum Gasteiger partial charge on any atom is 0.415 e. The molecule has 0 saturated carbocycles. The average molecular weight is 390 g/mol.